The average Bonchev–Trinajstić information content (AvgIpc) is 3.90. The van der Waals surface area contributed by atoms with Crippen molar-refractivity contribution in [3.8, 4) is 33.6 Å². The molecule has 0 bridgehead atoms. The fourth-order valence-electron chi connectivity index (χ4n) is 10.6. The van der Waals surface area contributed by atoms with Gasteiger partial charge in [-0.05, 0) is 106 Å². The summed E-state index contributed by atoms with van der Waals surface area (Å²) >= 11 is 0. The SMILES string of the molecule is CC1(C)c2ccccc2-c2c1cc(-n1c3ccccc3c3ccccc31)cc2C1(C)c2ccccc2-c2ccc(-n3c4ccccc4c4ccccc43)cc21. The molecular weight excluding hydrogens is 665 g/mol. The van der Waals surface area contributed by atoms with Crippen LogP contribution in [0, 0.1) is 0 Å². The highest BCUT2D eigenvalue weighted by Gasteiger charge is 2.46. The number of para-hydroxylation sites is 4. The van der Waals surface area contributed by atoms with Gasteiger partial charge in [-0.3, -0.25) is 0 Å². The Morgan fingerprint density at radius 2 is 0.745 bits per heavy atom. The molecular formula is C53H38N2. The summed E-state index contributed by atoms with van der Waals surface area (Å²) < 4.78 is 4.97. The highest BCUT2D eigenvalue weighted by molar-refractivity contribution is 6.10. The van der Waals surface area contributed by atoms with Crippen LogP contribution in [0.1, 0.15) is 48.6 Å². The van der Waals surface area contributed by atoms with Crippen molar-refractivity contribution < 1.29 is 0 Å². The third-order valence-corrected chi connectivity index (χ3v) is 13.2. The first kappa shape index (κ1) is 30.8. The molecule has 0 N–H and O–H groups in total. The van der Waals surface area contributed by atoms with Gasteiger partial charge in [-0.1, -0.05) is 141 Å². The number of aromatic nitrogens is 2. The van der Waals surface area contributed by atoms with Gasteiger partial charge in [0.25, 0.3) is 0 Å². The number of benzene rings is 8. The Balaban J connectivity index is 1.21. The Hall–Kier alpha value is -6.64. The summed E-state index contributed by atoms with van der Waals surface area (Å²) in [6.45, 7) is 7.32. The van der Waals surface area contributed by atoms with Gasteiger partial charge in [-0.2, -0.15) is 0 Å². The third-order valence-electron chi connectivity index (χ3n) is 13.2. The Morgan fingerprint density at radius 3 is 1.33 bits per heavy atom. The van der Waals surface area contributed by atoms with Crippen molar-refractivity contribution in [2.45, 2.75) is 31.6 Å². The van der Waals surface area contributed by atoms with Crippen molar-refractivity contribution in [2.24, 2.45) is 0 Å². The van der Waals surface area contributed by atoms with E-state index in [0.29, 0.717) is 0 Å². The fraction of sp³-hybridized carbons (Fsp3) is 0.0943. The highest BCUT2D eigenvalue weighted by atomic mass is 15.0. The van der Waals surface area contributed by atoms with Crippen molar-refractivity contribution >= 4 is 43.6 Å². The summed E-state index contributed by atoms with van der Waals surface area (Å²) in [6.07, 6.45) is 0. The Morgan fingerprint density at radius 1 is 0.327 bits per heavy atom. The van der Waals surface area contributed by atoms with Gasteiger partial charge in [0.2, 0.25) is 0 Å². The van der Waals surface area contributed by atoms with Crippen molar-refractivity contribution in [3.63, 3.8) is 0 Å². The van der Waals surface area contributed by atoms with Crippen LogP contribution in [0.4, 0.5) is 0 Å². The number of fused-ring (bicyclic) bond motifs is 12. The molecule has 0 aliphatic heterocycles. The summed E-state index contributed by atoms with van der Waals surface area (Å²) in [4.78, 5) is 0. The predicted molar refractivity (Wildman–Crippen MR) is 230 cm³/mol. The van der Waals surface area contributed by atoms with Crippen LogP contribution in [0.3, 0.4) is 0 Å². The fourth-order valence-corrected chi connectivity index (χ4v) is 10.6. The third kappa shape index (κ3) is 3.89. The van der Waals surface area contributed by atoms with Gasteiger partial charge in [0.15, 0.2) is 0 Å². The maximum absolute atomic E-state index is 2.54. The average molecular weight is 703 g/mol. The Kier molecular flexibility index (Phi) is 6.01. The highest BCUT2D eigenvalue weighted by Crippen LogP contribution is 2.59. The second-order valence-electron chi connectivity index (χ2n) is 16.2. The van der Waals surface area contributed by atoms with Gasteiger partial charge in [0.05, 0.1) is 22.1 Å². The zero-order valence-corrected chi connectivity index (χ0v) is 31.1. The molecule has 1 unspecified atom stereocenters. The normalized spacial score (nSPS) is 16.5. The van der Waals surface area contributed by atoms with Crippen molar-refractivity contribution in [1.29, 1.82) is 0 Å². The zero-order valence-electron chi connectivity index (χ0n) is 31.1. The summed E-state index contributed by atoms with van der Waals surface area (Å²) in [5.41, 5.74) is 18.8. The molecule has 12 rings (SSSR count). The number of nitrogens with zero attached hydrogens (tertiary/aromatic N) is 2. The molecule has 55 heavy (non-hydrogen) atoms. The summed E-state index contributed by atoms with van der Waals surface area (Å²) in [5.74, 6) is 0. The molecule has 260 valence electrons. The first-order valence-corrected chi connectivity index (χ1v) is 19.4. The molecule has 2 aromatic heterocycles. The molecule has 2 aliphatic carbocycles. The molecule has 0 saturated carbocycles. The summed E-state index contributed by atoms with van der Waals surface area (Å²) in [5, 5.41) is 5.11. The van der Waals surface area contributed by atoms with Gasteiger partial charge in [0, 0.05) is 43.7 Å². The summed E-state index contributed by atoms with van der Waals surface area (Å²) in [7, 11) is 0. The number of hydrogen-bond acceptors (Lipinski definition) is 0. The quantitative estimate of drug-likeness (QED) is 0.173. The Labute approximate surface area is 320 Å². The molecule has 0 amide bonds. The molecule has 2 aliphatic rings. The minimum atomic E-state index is -0.451. The summed E-state index contributed by atoms with van der Waals surface area (Å²) in [6, 6.07) is 65.9. The largest absolute Gasteiger partial charge is 0.309 e. The zero-order chi connectivity index (χ0) is 36.6. The van der Waals surface area contributed by atoms with Crippen LogP contribution in [0.2, 0.25) is 0 Å². The van der Waals surface area contributed by atoms with Gasteiger partial charge in [0.1, 0.15) is 0 Å². The second kappa shape index (κ2) is 10.7. The molecule has 2 nitrogen and oxygen atoms in total. The van der Waals surface area contributed by atoms with Gasteiger partial charge in [-0.15, -0.1) is 0 Å². The van der Waals surface area contributed by atoms with Crippen LogP contribution < -0.4 is 0 Å². The van der Waals surface area contributed by atoms with Crippen molar-refractivity contribution in [3.05, 3.63) is 204 Å². The van der Waals surface area contributed by atoms with E-state index in [9.17, 15) is 0 Å². The predicted octanol–water partition coefficient (Wildman–Crippen LogP) is 13.5. The van der Waals surface area contributed by atoms with E-state index in [-0.39, 0.29) is 5.41 Å². The molecule has 2 heterocycles. The molecule has 0 spiro atoms. The maximum atomic E-state index is 2.54. The first-order valence-electron chi connectivity index (χ1n) is 19.4. The van der Waals surface area contributed by atoms with E-state index in [1.807, 2.05) is 0 Å². The van der Waals surface area contributed by atoms with Gasteiger partial charge < -0.3 is 9.13 Å². The van der Waals surface area contributed by atoms with Crippen LogP contribution in [-0.2, 0) is 10.8 Å². The van der Waals surface area contributed by atoms with E-state index in [1.165, 1.54) is 105 Å². The monoisotopic (exact) mass is 702 g/mol. The topological polar surface area (TPSA) is 9.86 Å². The smallest absolute Gasteiger partial charge is 0.0541 e. The maximum Gasteiger partial charge on any atom is 0.0541 e. The molecule has 0 radical (unpaired) electrons. The van der Waals surface area contributed by atoms with Crippen LogP contribution in [0.15, 0.2) is 176 Å². The van der Waals surface area contributed by atoms with Gasteiger partial charge in [-0.25, -0.2) is 0 Å². The van der Waals surface area contributed by atoms with E-state index in [1.54, 1.807) is 0 Å². The van der Waals surface area contributed by atoms with Crippen molar-refractivity contribution in [1.82, 2.24) is 9.13 Å². The van der Waals surface area contributed by atoms with Crippen LogP contribution in [-0.4, -0.2) is 9.13 Å². The number of rotatable bonds is 3. The lowest BCUT2D eigenvalue weighted by Crippen LogP contribution is -2.25. The lowest BCUT2D eigenvalue weighted by molar-refractivity contribution is 0.655. The first-order chi connectivity index (χ1) is 26.9. The minimum Gasteiger partial charge on any atom is -0.309 e. The molecule has 0 saturated heterocycles. The lowest BCUT2D eigenvalue weighted by Gasteiger charge is -2.33. The van der Waals surface area contributed by atoms with E-state index >= 15 is 0 Å². The van der Waals surface area contributed by atoms with Crippen molar-refractivity contribution in [2.75, 3.05) is 0 Å². The van der Waals surface area contributed by atoms with E-state index < -0.39 is 5.41 Å². The van der Waals surface area contributed by atoms with Gasteiger partial charge >= 0.3 is 0 Å². The number of hydrogen-bond donors (Lipinski definition) is 0. The second-order valence-corrected chi connectivity index (χ2v) is 16.2. The van der Waals surface area contributed by atoms with E-state index in [4.69, 9.17) is 0 Å². The van der Waals surface area contributed by atoms with Crippen LogP contribution in [0.25, 0.3) is 77.2 Å². The minimum absolute atomic E-state index is 0.183. The van der Waals surface area contributed by atoms with Crippen LogP contribution >= 0.6 is 0 Å². The molecule has 10 aromatic rings. The molecule has 0 fully saturated rings. The molecule has 1 atom stereocenters. The van der Waals surface area contributed by atoms with E-state index in [2.05, 4.69) is 206 Å². The standard InChI is InChI=1S/C53H38N2/c1-52(2)42-22-10-5-21-41(42)51-45(52)31-34(55-49-26-14-8-19-39(49)40-20-9-15-27-50(40)55)32-46(51)53(3)43-23-11-4-16-35(43)36-29-28-33(30-44(36)53)54-47-24-12-6-17-37(47)38-18-7-13-25-48(38)54/h4-32H,1-3H3. The lowest BCUT2D eigenvalue weighted by atomic mass is 9.70. The molecule has 2 heteroatoms. The Bertz CT molecular complexity index is 3150. The van der Waals surface area contributed by atoms with Crippen LogP contribution in [0.5, 0.6) is 0 Å². The van der Waals surface area contributed by atoms with E-state index in [0.717, 1.165) is 0 Å². The molecule has 8 aromatic carbocycles.